The minimum atomic E-state index is -5.08. The number of nitrogens with one attached hydrogen (secondary N) is 2. The van der Waals surface area contributed by atoms with Crippen LogP contribution in [0.3, 0.4) is 0 Å². The summed E-state index contributed by atoms with van der Waals surface area (Å²) < 4.78 is 143. The maximum Gasteiger partial charge on any atom is 0.490 e. The second kappa shape index (κ2) is 15.1. The van der Waals surface area contributed by atoms with Crippen molar-refractivity contribution in [2.75, 3.05) is 5.32 Å². The van der Waals surface area contributed by atoms with Crippen LogP contribution in [0.15, 0.2) is 67.3 Å². The van der Waals surface area contributed by atoms with Crippen molar-refractivity contribution in [2.45, 2.75) is 30.7 Å². The van der Waals surface area contributed by atoms with Crippen LogP contribution in [-0.2, 0) is 21.9 Å². The van der Waals surface area contributed by atoms with Gasteiger partial charge in [0.1, 0.15) is 0 Å². The van der Waals surface area contributed by atoms with Gasteiger partial charge >= 0.3 is 42.7 Å². The molecule has 4 N–H and O–H groups in total. The van der Waals surface area contributed by atoms with Crippen LogP contribution in [0.5, 0.6) is 0 Å². The van der Waals surface area contributed by atoms with Crippen molar-refractivity contribution in [3.05, 3.63) is 89.5 Å². The highest BCUT2D eigenvalue weighted by molar-refractivity contribution is 5.89. The van der Waals surface area contributed by atoms with Crippen molar-refractivity contribution in [1.29, 1.82) is 0 Å². The number of alkyl halides is 12. The number of carboxylic acids is 2. The summed E-state index contributed by atoms with van der Waals surface area (Å²) in [6.07, 6.45) is -14.9. The number of rotatable bonds is 4. The number of pyridine rings is 2. The summed E-state index contributed by atoms with van der Waals surface area (Å²) in [4.78, 5) is 37.7. The molecule has 0 aliphatic rings. The number of nitrogens with zero attached hydrogens (tertiary/aromatic N) is 2. The molecular weight excluding hydrogens is 652 g/mol. The first-order valence-corrected chi connectivity index (χ1v) is 11.2. The fraction of sp³-hybridized carbons (Fsp3) is 0.208. The Bertz CT molecular complexity index is 1400. The second-order valence-electron chi connectivity index (χ2n) is 7.96. The zero-order valence-electron chi connectivity index (χ0n) is 21.5. The SMILES string of the molecule is O=C(Nc1cccnc1)N[C@@H](c1ccc(C(F)(F)F)cc1)c1cnccc1C(F)(F)F.O=C(O)C(F)(F)F.O=C(O)C(F)(F)F. The van der Waals surface area contributed by atoms with Crippen molar-refractivity contribution in [1.82, 2.24) is 15.3 Å². The molecule has 45 heavy (non-hydrogen) atoms. The van der Waals surface area contributed by atoms with Crippen molar-refractivity contribution < 1.29 is 77.3 Å². The molecule has 0 aliphatic heterocycles. The van der Waals surface area contributed by atoms with Gasteiger partial charge in [0.05, 0.1) is 29.1 Å². The number of halogens is 12. The molecule has 0 bridgehead atoms. The minimum Gasteiger partial charge on any atom is -0.475 e. The number of carbonyl (C=O) groups is 3. The second-order valence-corrected chi connectivity index (χ2v) is 7.96. The topological polar surface area (TPSA) is 142 Å². The number of carboxylic acid groups (broad SMARTS) is 2. The van der Waals surface area contributed by atoms with Crippen LogP contribution < -0.4 is 10.6 Å². The predicted octanol–water partition coefficient (Wildman–Crippen LogP) is 6.69. The summed E-state index contributed by atoms with van der Waals surface area (Å²) in [5.41, 5.74) is -2.19. The molecule has 2 heterocycles. The Hall–Kier alpha value is -5.11. The molecule has 0 aliphatic carbocycles. The molecule has 0 fully saturated rings. The largest absolute Gasteiger partial charge is 0.490 e. The number of anilines is 1. The molecule has 1 atom stereocenters. The number of urea groups is 1. The Kier molecular flexibility index (Phi) is 12.7. The number of hydrogen-bond donors (Lipinski definition) is 4. The summed E-state index contributed by atoms with van der Waals surface area (Å²) >= 11 is 0. The van der Waals surface area contributed by atoms with Gasteiger partial charge in [0.15, 0.2) is 0 Å². The van der Waals surface area contributed by atoms with Crippen LogP contribution in [-0.4, -0.2) is 50.5 Å². The van der Waals surface area contributed by atoms with Crippen molar-refractivity contribution in [3.63, 3.8) is 0 Å². The van der Waals surface area contributed by atoms with Gasteiger partial charge in [-0.05, 0) is 35.9 Å². The van der Waals surface area contributed by atoms with E-state index in [2.05, 4.69) is 20.6 Å². The van der Waals surface area contributed by atoms with Crippen LogP contribution in [0.25, 0.3) is 0 Å². The Labute approximate surface area is 242 Å². The zero-order valence-corrected chi connectivity index (χ0v) is 21.5. The van der Waals surface area contributed by atoms with E-state index in [1.165, 1.54) is 24.5 Å². The van der Waals surface area contributed by atoms with Gasteiger partial charge in [-0.25, -0.2) is 14.4 Å². The third-order valence-corrected chi connectivity index (χ3v) is 4.72. The molecule has 3 rings (SSSR count). The number of benzene rings is 1. The third kappa shape index (κ3) is 13.0. The average molecular weight is 668 g/mol. The van der Waals surface area contributed by atoms with Crippen molar-refractivity contribution in [3.8, 4) is 0 Å². The molecular formula is C24H16F12N4O5. The number of hydrogen-bond acceptors (Lipinski definition) is 5. The summed E-state index contributed by atoms with van der Waals surface area (Å²) in [6, 6.07) is 4.93. The smallest absolute Gasteiger partial charge is 0.475 e. The van der Waals surface area contributed by atoms with E-state index >= 15 is 0 Å². The predicted molar refractivity (Wildman–Crippen MR) is 126 cm³/mol. The van der Waals surface area contributed by atoms with Gasteiger partial charge in [-0.15, -0.1) is 0 Å². The van der Waals surface area contributed by atoms with Crippen LogP contribution in [0.1, 0.15) is 28.3 Å². The van der Waals surface area contributed by atoms with Crippen LogP contribution in [0, 0.1) is 0 Å². The van der Waals surface area contributed by atoms with E-state index in [0.29, 0.717) is 0 Å². The van der Waals surface area contributed by atoms with Gasteiger partial charge in [0.2, 0.25) is 0 Å². The maximum absolute atomic E-state index is 13.5. The van der Waals surface area contributed by atoms with Gasteiger partial charge < -0.3 is 20.8 Å². The van der Waals surface area contributed by atoms with Gasteiger partial charge in [0.25, 0.3) is 0 Å². The standard InChI is InChI=1S/C20H14F6N4O.2C2HF3O2/c21-19(22,23)13-5-3-12(4-6-13)17(15-11-28-9-7-16(15)20(24,25)26)30-18(31)29-14-2-1-8-27-10-14;2*3-2(4,5)1(6)7/h1-11,17H,(H2,29,30,31);2*(H,6,7)/t17-;;/m0../s1. The van der Waals surface area contributed by atoms with Crippen molar-refractivity contribution >= 4 is 23.7 Å². The van der Waals surface area contributed by atoms with Gasteiger partial charge in [-0.2, -0.15) is 52.7 Å². The van der Waals surface area contributed by atoms with E-state index in [0.717, 1.165) is 42.7 Å². The first-order chi connectivity index (χ1) is 20.4. The van der Waals surface area contributed by atoms with Crippen molar-refractivity contribution in [2.24, 2.45) is 0 Å². The first kappa shape index (κ1) is 37.9. The third-order valence-electron chi connectivity index (χ3n) is 4.72. The molecule has 0 saturated carbocycles. The van der Waals surface area contributed by atoms with E-state index in [1.54, 1.807) is 0 Å². The van der Waals surface area contributed by atoms with Gasteiger partial charge in [-0.1, -0.05) is 12.1 Å². The molecule has 0 radical (unpaired) electrons. The summed E-state index contributed by atoms with van der Waals surface area (Å²) in [7, 11) is 0. The highest BCUT2D eigenvalue weighted by atomic mass is 19.4. The summed E-state index contributed by atoms with van der Waals surface area (Å²) in [5, 5.41) is 19.0. The van der Waals surface area contributed by atoms with E-state index in [1.807, 2.05) is 0 Å². The van der Waals surface area contributed by atoms with Crippen LogP contribution >= 0.6 is 0 Å². The molecule has 0 spiro atoms. The Morgan fingerprint density at radius 2 is 1.16 bits per heavy atom. The molecule has 1 aromatic carbocycles. The number of carbonyl (C=O) groups excluding carboxylic acids is 1. The van der Waals surface area contributed by atoms with Gasteiger partial charge in [-0.3, -0.25) is 9.97 Å². The number of aromatic nitrogens is 2. The molecule has 3 aromatic rings. The lowest BCUT2D eigenvalue weighted by Gasteiger charge is -2.23. The fourth-order valence-corrected chi connectivity index (χ4v) is 2.84. The molecule has 246 valence electrons. The van der Waals surface area contributed by atoms with E-state index < -0.39 is 65.4 Å². The minimum absolute atomic E-state index is 0.00726. The molecule has 21 heteroatoms. The highest BCUT2D eigenvalue weighted by Crippen LogP contribution is 2.37. The molecule has 2 aromatic heterocycles. The van der Waals surface area contributed by atoms with E-state index in [-0.39, 0.29) is 11.3 Å². The number of aliphatic carboxylic acids is 2. The Morgan fingerprint density at radius 1 is 0.667 bits per heavy atom. The van der Waals surface area contributed by atoms with E-state index in [9.17, 15) is 57.5 Å². The van der Waals surface area contributed by atoms with Gasteiger partial charge in [0, 0.05) is 24.2 Å². The zero-order chi connectivity index (χ0) is 34.8. The lowest BCUT2D eigenvalue weighted by atomic mass is 9.95. The highest BCUT2D eigenvalue weighted by Gasteiger charge is 2.39. The Morgan fingerprint density at radius 3 is 1.56 bits per heavy atom. The number of amides is 2. The normalized spacial score (nSPS) is 12.4. The lowest BCUT2D eigenvalue weighted by molar-refractivity contribution is -0.193. The van der Waals surface area contributed by atoms with Crippen LogP contribution in [0.2, 0.25) is 0 Å². The monoisotopic (exact) mass is 668 g/mol. The summed E-state index contributed by atoms with van der Waals surface area (Å²) in [5.74, 6) is -5.51. The Balaban J connectivity index is 0.000000601. The first-order valence-electron chi connectivity index (χ1n) is 11.2. The molecule has 9 nitrogen and oxygen atoms in total. The summed E-state index contributed by atoms with van der Waals surface area (Å²) in [6.45, 7) is 0. The molecule has 0 unspecified atom stereocenters. The average Bonchev–Trinajstić information content (AvgIpc) is 2.91. The molecule has 0 saturated heterocycles. The molecule has 2 amide bonds. The van der Waals surface area contributed by atoms with Crippen LogP contribution in [0.4, 0.5) is 63.2 Å². The van der Waals surface area contributed by atoms with E-state index in [4.69, 9.17) is 19.8 Å². The quantitative estimate of drug-likeness (QED) is 0.227. The maximum atomic E-state index is 13.5. The lowest BCUT2D eigenvalue weighted by Crippen LogP contribution is -2.34. The fourth-order valence-electron chi connectivity index (χ4n) is 2.84.